The molecular formula is C13H20FNO. The molecule has 0 saturated carbocycles. The fourth-order valence-electron chi connectivity index (χ4n) is 1.37. The first-order valence-electron chi connectivity index (χ1n) is 5.77. The summed E-state index contributed by atoms with van der Waals surface area (Å²) in [5.74, 6) is 0.335. The third-order valence-corrected chi connectivity index (χ3v) is 2.31. The van der Waals surface area contributed by atoms with Crippen LogP contribution in [-0.4, -0.2) is 18.7 Å². The summed E-state index contributed by atoms with van der Waals surface area (Å²) >= 11 is 0. The predicted octanol–water partition coefficient (Wildman–Crippen LogP) is 2.98. The Morgan fingerprint density at radius 1 is 1.38 bits per heavy atom. The lowest BCUT2D eigenvalue weighted by atomic mass is 10.2. The van der Waals surface area contributed by atoms with Crippen molar-refractivity contribution in [1.82, 2.24) is 5.32 Å². The lowest BCUT2D eigenvalue weighted by Crippen LogP contribution is -2.34. The van der Waals surface area contributed by atoms with Gasteiger partial charge in [0.15, 0.2) is 0 Å². The summed E-state index contributed by atoms with van der Waals surface area (Å²) in [7, 11) is 0. The summed E-state index contributed by atoms with van der Waals surface area (Å²) in [4.78, 5) is 0. The van der Waals surface area contributed by atoms with Gasteiger partial charge in [-0.15, -0.1) is 0 Å². The van der Waals surface area contributed by atoms with Crippen molar-refractivity contribution in [2.45, 2.75) is 39.3 Å². The Kier molecular flexibility index (Phi) is 5.26. The fraction of sp³-hybridized carbons (Fsp3) is 0.538. The average molecular weight is 225 g/mol. The summed E-state index contributed by atoms with van der Waals surface area (Å²) in [5.41, 5.74) is 0. The van der Waals surface area contributed by atoms with E-state index in [2.05, 4.69) is 26.1 Å². The quantitative estimate of drug-likeness (QED) is 0.803. The number of nitrogens with one attached hydrogen (secondary N) is 1. The number of rotatable bonds is 6. The van der Waals surface area contributed by atoms with Crippen molar-refractivity contribution in [1.29, 1.82) is 0 Å². The zero-order valence-corrected chi connectivity index (χ0v) is 10.2. The fourth-order valence-corrected chi connectivity index (χ4v) is 1.37. The summed E-state index contributed by atoms with van der Waals surface area (Å²) in [6.07, 6.45) is 0.986. The molecule has 0 radical (unpaired) electrons. The Morgan fingerprint density at radius 3 is 2.69 bits per heavy atom. The van der Waals surface area contributed by atoms with Gasteiger partial charge in [0.2, 0.25) is 0 Å². The van der Waals surface area contributed by atoms with Crippen LogP contribution < -0.4 is 10.1 Å². The third kappa shape index (κ3) is 4.62. The van der Waals surface area contributed by atoms with E-state index in [-0.39, 0.29) is 11.9 Å². The number of halogens is 1. The van der Waals surface area contributed by atoms with E-state index in [1.54, 1.807) is 12.1 Å². The zero-order chi connectivity index (χ0) is 12.0. The highest BCUT2D eigenvalue weighted by Gasteiger charge is 2.08. The van der Waals surface area contributed by atoms with Crippen LogP contribution in [0.1, 0.15) is 27.2 Å². The molecule has 0 fully saturated rings. The second-order valence-electron chi connectivity index (χ2n) is 4.17. The highest BCUT2D eigenvalue weighted by molar-refractivity contribution is 5.22. The lowest BCUT2D eigenvalue weighted by Gasteiger charge is -2.19. The van der Waals surface area contributed by atoms with Gasteiger partial charge in [0, 0.05) is 18.7 Å². The molecular weight excluding hydrogens is 205 g/mol. The SMILES string of the molecule is CCC(CNC(C)C)Oc1cccc(F)c1. The molecule has 90 valence electrons. The Balaban J connectivity index is 2.49. The zero-order valence-electron chi connectivity index (χ0n) is 10.2. The molecule has 2 nitrogen and oxygen atoms in total. The van der Waals surface area contributed by atoms with Crippen molar-refractivity contribution < 1.29 is 9.13 Å². The first-order chi connectivity index (χ1) is 7.61. The van der Waals surface area contributed by atoms with Gasteiger partial charge in [-0.05, 0) is 18.6 Å². The van der Waals surface area contributed by atoms with Crippen molar-refractivity contribution in [3.8, 4) is 5.75 Å². The number of ether oxygens (including phenoxy) is 1. The smallest absolute Gasteiger partial charge is 0.126 e. The first-order valence-corrected chi connectivity index (χ1v) is 5.77. The second-order valence-corrected chi connectivity index (χ2v) is 4.17. The maximum Gasteiger partial charge on any atom is 0.126 e. The lowest BCUT2D eigenvalue weighted by molar-refractivity contribution is 0.189. The molecule has 1 N–H and O–H groups in total. The molecule has 0 aliphatic carbocycles. The van der Waals surface area contributed by atoms with Gasteiger partial charge in [0.1, 0.15) is 17.7 Å². The van der Waals surface area contributed by atoms with E-state index in [0.717, 1.165) is 13.0 Å². The van der Waals surface area contributed by atoms with Crippen molar-refractivity contribution in [3.63, 3.8) is 0 Å². The molecule has 1 rings (SSSR count). The van der Waals surface area contributed by atoms with Crippen molar-refractivity contribution >= 4 is 0 Å². The summed E-state index contributed by atoms with van der Waals surface area (Å²) in [5, 5.41) is 3.31. The van der Waals surface area contributed by atoms with Gasteiger partial charge in [0.25, 0.3) is 0 Å². The molecule has 1 atom stereocenters. The average Bonchev–Trinajstić information content (AvgIpc) is 2.24. The molecule has 0 aliphatic rings. The number of benzene rings is 1. The minimum absolute atomic E-state index is 0.0872. The van der Waals surface area contributed by atoms with E-state index in [0.29, 0.717) is 11.8 Å². The van der Waals surface area contributed by atoms with Crippen LogP contribution in [0, 0.1) is 5.82 Å². The number of hydrogen-bond donors (Lipinski definition) is 1. The van der Waals surface area contributed by atoms with Crippen LogP contribution in [0.3, 0.4) is 0 Å². The second kappa shape index (κ2) is 6.48. The Hall–Kier alpha value is -1.09. The standard InChI is InChI=1S/C13H20FNO/c1-4-12(9-15-10(2)3)16-13-7-5-6-11(14)8-13/h5-8,10,12,15H,4,9H2,1-3H3. The molecule has 0 heterocycles. The van der Waals surface area contributed by atoms with Crippen LogP contribution in [0.5, 0.6) is 5.75 Å². The summed E-state index contributed by atoms with van der Waals surface area (Å²) in [6.45, 7) is 7.03. The normalized spacial score (nSPS) is 12.8. The van der Waals surface area contributed by atoms with Crippen LogP contribution in [0.2, 0.25) is 0 Å². The van der Waals surface area contributed by atoms with Crippen LogP contribution in [0.4, 0.5) is 4.39 Å². The molecule has 1 aromatic carbocycles. The molecule has 0 saturated heterocycles. The monoisotopic (exact) mass is 225 g/mol. The topological polar surface area (TPSA) is 21.3 Å². The van der Waals surface area contributed by atoms with E-state index in [1.807, 2.05) is 0 Å². The van der Waals surface area contributed by atoms with Gasteiger partial charge >= 0.3 is 0 Å². The largest absolute Gasteiger partial charge is 0.489 e. The van der Waals surface area contributed by atoms with Gasteiger partial charge in [-0.3, -0.25) is 0 Å². The maximum absolute atomic E-state index is 12.9. The third-order valence-electron chi connectivity index (χ3n) is 2.31. The highest BCUT2D eigenvalue weighted by atomic mass is 19.1. The highest BCUT2D eigenvalue weighted by Crippen LogP contribution is 2.14. The maximum atomic E-state index is 12.9. The van der Waals surface area contributed by atoms with E-state index in [4.69, 9.17) is 4.74 Å². The molecule has 0 aliphatic heterocycles. The van der Waals surface area contributed by atoms with Crippen molar-refractivity contribution in [2.75, 3.05) is 6.54 Å². The molecule has 1 unspecified atom stereocenters. The minimum Gasteiger partial charge on any atom is -0.489 e. The molecule has 0 bridgehead atoms. The molecule has 0 amide bonds. The summed E-state index contributed by atoms with van der Waals surface area (Å²) < 4.78 is 18.6. The van der Waals surface area contributed by atoms with Gasteiger partial charge in [-0.25, -0.2) is 4.39 Å². The molecule has 0 aromatic heterocycles. The van der Waals surface area contributed by atoms with E-state index in [9.17, 15) is 4.39 Å². The van der Waals surface area contributed by atoms with Crippen molar-refractivity contribution in [3.05, 3.63) is 30.1 Å². The van der Waals surface area contributed by atoms with E-state index in [1.165, 1.54) is 12.1 Å². The molecule has 16 heavy (non-hydrogen) atoms. The molecule has 0 spiro atoms. The Bertz CT molecular complexity index is 315. The van der Waals surface area contributed by atoms with E-state index >= 15 is 0 Å². The number of hydrogen-bond acceptors (Lipinski definition) is 2. The predicted molar refractivity (Wildman–Crippen MR) is 64.2 cm³/mol. The Morgan fingerprint density at radius 2 is 2.12 bits per heavy atom. The van der Waals surface area contributed by atoms with Crippen molar-refractivity contribution in [2.24, 2.45) is 0 Å². The van der Waals surface area contributed by atoms with Crippen LogP contribution >= 0.6 is 0 Å². The summed E-state index contributed by atoms with van der Waals surface area (Å²) in [6, 6.07) is 6.71. The van der Waals surface area contributed by atoms with E-state index < -0.39 is 0 Å². The molecule has 3 heteroatoms. The molecule has 1 aromatic rings. The van der Waals surface area contributed by atoms with Gasteiger partial charge < -0.3 is 10.1 Å². The van der Waals surface area contributed by atoms with Crippen LogP contribution in [0.25, 0.3) is 0 Å². The minimum atomic E-state index is -0.260. The first kappa shape index (κ1) is 13.0. The van der Waals surface area contributed by atoms with Gasteiger partial charge in [-0.2, -0.15) is 0 Å². The Labute approximate surface area is 96.8 Å². The van der Waals surface area contributed by atoms with Crippen LogP contribution in [0.15, 0.2) is 24.3 Å². The van der Waals surface area contributed by atoms with Gasteiger partial charge in [-0.1, -0.05) is 26.8 Å². The van der Waals surface area contributed by atoms with Gasteiger partial charge in [0.05, 0.1) is 0 Å². The van der Waals surface area contributed by atoms with Crippen LogP contribution in [-0.2, 0) is 0 Å².